The molecule has 14 heavy (non-hydrogen) atoms. The molecule has 0 N–H and O–H groups in total. The van der Waals surface area contributed by atoms with Crippen molar-refractivity contribution in [2.24, 2.45) is 0 Å². The molecule has 0 aliphatic heterocycles. The SMILES string of the molecule is C=C(CS(=O)(=O)Cl)c1ccccc1F. The maximum absolute atomic E-state index is 13.1. The van der Waals surface area contributed by atoms with E-state index in [1.807, 2.05) is 0 Å². The molecule has 0 spiro atoms. The standard InChI is InChI=1S/C9H8ClFO2S/c1-7(6-14(10,12)13)8-4-2-3-5-9(8)11/h2-5H,1,6H2. The molecule has 0 unspecified atom stereocenters. The molecule has 1 aromatic rings. The molecule has 0 aromatic heterocycles. The molecular formula is C9H8ClFO2S. The van der Waals surface area contributed by atoms with Crippen molar-refractivity contribution in [2.45, 2.75) is 0 Å². The second-order valence-corrected chi connectivity index (χ2v) is 5.54. The lowest BCUT2D eigenvalue weighted by atomic mass is 10.1. The van der Waals surface area contributed by atoms with E-state index in [9.17, 15) is 12.8 Å². The van der Waals surface area contributed by atoms with Gasteiger partial charge in [0.2, 0.25) is 9.05 Å². The highest BCUT2D eigenvalue weighted by Crippen LogP contribution is 2.18. The van der Waals surface area contributed by atoms with Crippen molar-refractivity contribution in [1.82, 2.24) is 0 Å². The molecule has 0 fully saturated rings. The van der Waals surface area contributed by atoms with Crippen molar-refractivity contribution in [2.75, 3.05) is 5.75 Å². The molecule has 1 aromatic carbocycles. The molecule has 0 amide bonds. The van der Waals surface area contributed by atoms with Gasteiger partial charge in [-0.1, -0.05) is 24.8 Å². The number of hydrogen-bond donors (Lipinski definition) is 0. The summed E-state index contributed by atoms with van der Waals surface area (Å²) in [6.07, 6.45) is 0. The van der Waals surface area contributed by atoms with Gasteiger partial charge in [-0.05, 0) is 11.6 Å². The van der Waals surface area contributed by atoms with Crippen LogP contribution in [0.5, 0.6) is 0 Å². The average Bonchev–Trinajstić information content (AvgIpc) is 2.01. The van der Waals surface area contributed by atoms with Gasteiger partial charge in [0.05, 0.1) is 5.75 Å². The summed E-state index contributed by atoms with van der Waals surface area (Å²) in [6.45, 7) is 3.47. The Morgan fingerprint density at radius 3 is 2.50 bits per heavy atom. The van der Waals surface area contributed by atoms with Gasteiger partial charge in [-0.2, -0.15) is 0 Å². The topological polar surface area (TPSA) is 34.1 Å². The van der Waals surface area contributed by atoms with Crippen LogP contribution in [0.2, 0.25) is 0 Å². The third-order valence-electron chi connectivity index (χ3n) is 1.60. The van der Waals surface area contributed by atoms with Crippen molar-refractivity contribution in [3.8, 4) is 0 Å². The van der Waals surface area contributed by atoms with Crippen LogP contribution in [0.3, 0.4) is 0 Å². The molecule has 0 aliphatic carbocycles. The maximum atomic E-state index is 13.1. The van der Waals surface area contributed by atoms with Crippen LogP contribution >= 0.6 is 10.7 Å². The van der Waals surface area contributed by atoms with Crippen LogP contribution in [0.25, 0.3) is 5.57 Å². The molecule has 0 bridgehead atoms. The first-order chi connectivity index (χ1) is 6.40. The van der Waals surface area contributed by atoms with E-state index >= 15 is 0 Å². The summed E-state index contributed by atoms with van der Waals surface area (Å²) in [5, 5.41) is 0. The molecule has 5 heteroatoms. The Bertz CT molecular complexity index is 454. The number of benzene rings is 1. The van der Waals surface area contributed by atoms with Crippen LogP contribution in [0.15, 0.2) is 30.8 Å². The van der Waals surface area contributed by atoms with Crippen molar-refractivity contribution >= 4 is 25.3 Å². The highest BCUT2D eigenvalue weighted by Gasteiger charge is 2.12. The summed E-state index contributed by atoms with van der Waals surface area (Å²) in [6, 6.07) is 5.81. The van der Waals surface area contributed by atoms with Gasteiger partial charge >= 0.3 is 0 Å². The summed E-state index contributed by atoms with van der Waals surface area (Å²) in [4.78, 5) is 0. The molecule has 0 saturated heterocycles. The molecule has 1 rings (SSSR count). The Labute approximate surface area is 86.4 Å². The maximum Gasteiger partial charge on any atom is 0.236 e. The van der Waals surface area contributed by atoms with Crippen molar-refractivity contribution < 1.29 is 12.8 Å². The Morgan fingerprint density at radius 2 is 2.00 bits per heavy atom. The molecule has 0 radical (unpaired) electrons. The smallest absolute Gasteiger partial charge is 0.212 e. The quantitative estimate of drug-likeness (QED) is 0.753. The van der Waals surface area contributed by atoms with E-state index in [1.165, 1.54) is 18.2 Å². The largest absolute Gasteiger partial charge is 0.236 e. The monoisotopic (exact) mass is 234 g/mol. The van der Waals surface area contributed by atoms with Crippen molar-refractivity contribution in [1.29, 1.82) is 0 Å². The Balaban J connectivity index is 2.97. The van der Waals surface area contributed by atoms with E-state index in [4.69, 9.17) is 10.7 Å². The first-order valence-electron chi connectivity index (χ1n) is 3.75. The predicted molar refractivity (Wildman–Crippen MR) is 55.1 cm³/mol. The van der Waals surface area contributed by atoms with Crippen LogP contribution in [-0.2, 0) is 9.05 Å². The van der Waals surface area contributed by atoms with Gasteiger partial charge in [-0.15, -0.1) is 0 Å². The molecule has 0 aliphatic rings. The first kappa shape index (κ1) is 11.2. The van der Waals surface area contributed by atoms with Crippen LogP contribution in [-0.4, -0.2) is 14.2 Å². The lowest BCUT2D eigenvalue weighted by Crippen LogP contribution is -2.00. The van der Waals surface area contributed by atoms with E-state index < -0.39 is 20.6 Å². The van der Waals surface area contributed by atoms with Gasteiger partial charge in [-0.25, -0.2) is 12.8 Å². The molecule has 0 heterocycles. The molecule has 2 nitrogen and oxygen atoms in total. The van der Waals surface area contributed by atoms with E-state index in [0.29, 0.717) is 0 Å². The average molecular weight is 235 g/mol. The second-order valence-electron chi connectivity index (χ2n) is 2.77. The minimum atomic E-state index is -3.68. The second kappa shape index (κ2) is 4.11. The molecule has 0 saturated carbocycles. The Morgan fingerprint density at radius 1 is 1.43 bits per heavy atom. The van der Waals surface area contributed by atoms with Gasteiger partial charge in [-0.3, -0.25) is 0 Å². The third kappa shape index (κ3) is 3.12. The molecule has 76 valence electrons. The van der Waals surface area contributed by atoms with Crippen LogP contribution < -0.4 is 0 Å². The predicted octanol–water partition coefficient (Wildman–Crippen LogP) is 2.41. The Hall–Kier alpha value is -0.870. The van der Waals surface area contributed by atoms with Gasteiger partial charge < -0.3 is 0 Å². The Kier molecular flexibility index (Phi) is 3.29. The van der Waals surface area contributed by atoms with E-state index in [1.54, 1.807) is 6.07 Å². The minimum absolute atomic E-state index is 0.151. The minimum Gasteiger partial charge on any atom is -0.212 e. The third-order valence-corrected chi connectivity index (χ3v) is 2.62. The normalized spacial score (nSPS) is 11.3. The van der Waals surface area contributed by atoms with E-state index in [0.717, 1.165) is 0 Å². The van der Waals surface area contributed by atoms with Crippen LogP contribution in [0, 0.1) is 5.82 Å². The number of hydrogen-bond acceptors (Lipinski definition) is 2. The summed E-state index contributed by atoms with van der Waals surface area (Å²) in [7, 11) is 1.34. The van der Waals surface area contributed by atoms with Crippen LogP contribution in [0.4, 0.5) is 4.39 Å². The van der Waals surface area contributed by atoms with Gasteiger partial charge in [0.15, 0.2) is 0 Å². The summed E-state index contributed by atoms with van der Waals surface area (Å²) in [5.74, 6) is -0.951. The number of halogens is 2. The highest BCUT2D eigenvalue weighted by molar-refractivity contribution is 8.14. The summed E-state index contributed by atoms with van der Waals surface area (Å²) < 4.78 is 34.5. The fourth-order valence-electron chi connectivity index (χ4n) is 1.03. The van der Waals surface area contributed by atoms with E-state index in [-0.39, 0.29) is 11.1 Å². The fraction of sp³-hybridized carbons (Fsp3) is 0.111. The van der Waals surface area contributed by atoms with Gasteiger partial charge in [0, 0.05) is 16.2 Å². The van der Waals surface area contributed by atoms with Gasteiger partial charge in [0.25, 0.3) is 0 Å². The zero-order valence-corrected chi connectivity index (χ0v) is 8.78. The van der Waals surface area contributed by atoms with Crippen LogP contribution in [0.1, 0.15) is 5.56 Å². The van der Waals surface area contributed by atoms with Crippen molar-refractivity contribution in [3.05, 3.63) is 42.2 Å². The lowest BCUT2D eigenvalue weighted by Gasteiger charge is -2.04. The first-order valence-corrected chi connectivity index (χ1v) is 6.23. The molecule has 0 atom stereocenters. The van der Waals surface area contributed by atoms with Gasteiger partial charge in [0.1, 0.15) is 5.82 Å². The summed E-state index contributed by atoms with van der Waals surface area (Å²) in [5.41, 5.74) is 0.329. The summed E-state index contributed by atoms with van der Waals surface area (Å²) >= 11 is 0. The van der Waals surface area contributed by atoms with E-state index in [2.05, 4.69) is 6.58 Å². The fourth-order valence-corrected chi connectivity index (χ4v) is 2.00. The number of rotatable bonds is 3. The zero-order chi connectivity index (χ0) is 10.8. The molecular weight excluding hydrogens is 227 g/mol. The lowest BCUT2D eigenvalue weighted by molar-refractivity contribution is 0.612. The highest BCUT2D eigenvalue weighted by atomic mass is 35.7. The zero-order valence-electron chi connectivity index (χ0n) is 7.20. The van der Waals surface area contributed by atoms with Crippen molar-refractivity contribution in [3.63, 3.8) is 0 Å².